The van der Waals surface area contributed by atoms with E-state index in [1.54, 1.807) is 29.6 Å². The number of aromatic nitrogens is 3. The monoisotopic (exact) mass is 353 g/mol. The van der Waals surface area contributed by atoms with Crippen molar-refractivity contribution in [2.75, 3.05) is 6.54 Å². The van der Waals surface area contributed by atoms with E-state index in [0.717, 1.165) is 24.8 Å². The summed E-state index contributed by atoms with van der Waals surface area (Å²) in [6.45, 7) is 1.00. The Morgan fingerprint density at radius 2 is 2.15 bits per heavy atom. The van der Waals surface area contributed by atoms with Crippen molar-refractivity contribution >= 4 is 6.03 Å². The molecule has 1 saturated heterocycles. The Bertz CT molecular complexity index is 847. The highest BCUT2D eigenvalue weighted by molar-refractivity contribution is 5.74. The summed E-state index contributed by atoms with van der Waals surface area (Å²) >= 11 is 0. The zero-order valence-corrected chi connectivity index (χ0v) is 14.2. The number of pyridine rings is 1. The second-order valence-corrected chi connectivity index (χ2v) is 6.14. The summed E-state index contributed by atoms with van der Waals surface area (Å²) in [6, 6.07) is 6.89. The van der Waals surface area contributed by atoms with Crippen LogP contribution in [0.2, 0.25) is 0 Å². The summed E-state index contributed by atoms with van der Waals surface area (Å²) in [5.74, 6) is 1.68. The maximum atomic E-state index is 12.6. The molecule has 2 amide bonds. The number of carbonyl (C=O) groups is 1. The van der Waals surface area contributed by atoms with Crippen LogP contribution in [-0.2, 0) is 6.54 Å². The average Bonchev–Trinajstić information content (AvgIpc) is 3.39. The van der Waals surface area contributed by atoms with Gasteiger partial charge < -0.3 is 19.2 Å². The van der Waals surface area contributed by atoms with E-state index in [-0.39, 0.29) is 12.1 Å². The molecule has 1 aliphatic heterocycles. The first-order valence-corrected chi connectivity index (χ1v) is 8.62. The molecule has 8 nitrogen and oxygen atoms in total. The normalized spacial score (nSPS) is 17.2. The molecule has 0 spiro atoms. The number of urea groups is 1. The lowest BCUT2D eigenvalue weighted by Gasteiger charge is -2.33. The fourth-order valence-electron chi connectivity index (χ4n) is 3.10. The Labute approximate surface area is 150 Å². The van der Waals surface area contributed by atoms with Gasteiger partial charge in [-0.25, -0.2) is 4.79 Å². The fraction of sp³-hybridized carbons (Fsp3) is 0.333. The third-order valence-corrected chi connectivity index (χ3v) is 4.42. The van der Waals surface area contributed by atoms with Crippen LogP contribution < -0.4 is 5.32 Å². The molecule has 0 aliphatic carbocycles. The number of piperidine rings is 1. The van der Waals surface area contributed by atoms with E-state index >= 15 is 0 Å². The molecule has 1 fully saturated rings. The van der Waals surface area contributed by atoms with E-state index in [4.69, 9.17) is 8.94 Å². The van der Waals surface area contributed by atoms with Gasteiger partial charge in [-0.1, -0.05) is 5.16 Å². The highest BCUT2D eigenvalue weighted by Gasteiger charge is 2.32. The summed E-state index contributed by atoms with van der Waals surface area (Å²) in [7, 11) is 0. The molecule has 3 aromatic rings. The predicted molar refractivity (Wildman–Crippen MR) is 91.8 cm³/mol. The van der Waals surface area contributed by atoms with Gasteiger partial charge in [0.25, 0.3) is 0 Å². The van der Waals surface area contributed by atoms with Crippen molar-refractivity contribution in [2.24, 2.45) is 0 Å². The third-order valence-electron chi connectivity index (χ3n) is 4.42. The van der Waals surface area contributed by atoms with Gasteiger partial charge >= 0.3 is 6.03 Å². The molecular formula is C18H19N5O3. The highest BCUT2D eigenvalue weighted by Crippen LogP contribution is 2.31. The van der Waals surface area contributed by atoms with Crippen molar-refractivity contribution < 1.29 is 13.7 Å². The number of amides is 2. The van der Waals surface area contributed by atoms with Gasteiger partial charge in [0.2, 0.25) is 11.7 Å². The fourth-order valence-corrected chi connectivity index (χ4v) is 3.10. The molecule has 134 valence electrons. The van der Waals surface area contributed by atoms with Crippen LogP contribution in [0.25, 0.3) is 11.4 Å². The number of likely N-dealkylation sites (tertiary alicyclic amines) is 1. The summed E-state index contributed by atoms with van der Waals surface area (Å²) in [5, 5.41) is 6.94. The molecule has 8 heteroatoms. The number of carbonyl (C=O) groups excluding carboxylic acids is 1. The first kappa shape index (κ1) is 16.3. The topological polar surface area (TPSA) is 97.3 Å². The predicted octanol–water partition coefficient (Wildman–Crippen LogP) is 3.16. The molecule has 0 radical (unpaired) electrons. The van der Waals surface area contributed by atoms with Gasteiger partial charge in [0, 0.05) is 24.5 Å². The minimum absolute atomic E-state index is 0.158. The lowest BCUT2D eigenvalue weighted by molar-refractivity contribution is 0.131. The SMILES string of the molecule is O=C(NCc1ccco1)N1CCCCC1c1nc(-c2ccncc2)no1. The zero-order valence-electron chi connectivity index (χ0n) is 14.2. The average molecular weight is 353 g/mol. The maximum absolute atomic E-state index is 12.6. The second kappa shape index (κ2) is 7.38. The third kappa shape index (κ3) is 3.44. The lowest BCUT2D eigenvalue weighted by Crippen LogP contribution is -2.44. The van der Waals surface area contributed by atoms with E-state index < -0.39 is 0 Å². The van der Waals surface area contributed by atoms with Gasteiger partial charge in [-0.2, -0.15) is 4.98 Å². The smallest absolute Gasteiger partial charge is 0.318 e. The Balaban J connectivity index is 1.48. The lowest BCUT2D eigenvalue weighted by atomic mass is 10.0. The van der Waals surface area contributed by atoms with E-state index in [0.29, 0.717) is 30.6 Å². The maximum Gasteiger partial charge on any atom is 0.318 e. The van der Waals surface area contributed by atoms with Gasteiger partial charge in [-0.15, -0.1) is 0 Å². The quantitative estimate of drug-likeness (QED) is 0.774. The molecule has 1 aliphatic rings. The van der Waals surface area contributed by atoms with Crippen molar-refractivity contribution in [2.45, 2.75) is 31.8 Å². The molecule has 1 N–H and O–H groups in total. The van der Waals surface area contributed by atoms with Crippen molar-refractivity contribution in [1.82, 2.24) is 25.3 Å². The molecule has 3 aromatic heterocycles. The van der Waals surface area contributed by atoms with Crippen molar-refractivity contribution in [1.29, 1.82) is 0 Å². The first-order valence-electron chi connectivity index (χ1n) is 8.62. The minimum Gasteiger partial charge on any atom is -0.467 e. The van der Waals surface area contributed by atoms with E-state index in [1.807, 2.05) is 18.2 Å². The molecule has 4 heterocycles. The van der Waals surface area contributed by atoms with Crippen molar-refractivity contribution in [3.05, 3.63) is 54.6 Å². The Hall–Kier alpha value is -3.16. The van der Waals surface area contributed by atoms with Gasteiger partial charge in [-0.05, 0) is 43.5 Å². The first-order chi connectivity index (χ1) is 12.8. The van der Waals surface area contributed by atoms with Crippen molar-refractivity contribution in [3.8, 4) is 11.4 Å². The van der Waals surface area contributed by atoms with Crippen LogP contribution in [0.15, 0.2) is 51.9 Å². The van der Waals surface area contributed by atoms with Gasteiger partial charge in [0.05, 0.1) is 12.8 Å². The van der Waals surface area contributed by atoms with Crippen LogP contribution in [0, 0.1) is 0 Å². The van der Waals surface area contributed by atoms with Gasteiger partial charge in [0.1, 0.15) is 11.8 Å². The van der Waals surface area contributed by atoms with Crippen LogP contribution in [0.4, 0.5) is 4.79 Å². The summed E-state index contributed by atoms with van der Waals surface area (Å²) in [4.78, 5) is 22.9. The van der Waals surface area contributed by atoms with Crippen molar-refractivity contribution in [3.63, 3.8) is 0 Å². The summed E-state index contributed by atoms with van der Waals surface area (Å²) < 4.78 is 10.7. The van der Waals surface area contributed by atoms with Crippen LogP contribution in [0.5, 0.6) is 0 Å². The largest absolute Gasteiger partial charge is 0.467 e. The highest BCUT2D eigenvalue weighted by atomic mass is 16.5. The minimum atomic E-state index is -0.219. The number of hydrogen-bond donors (Lipinski definition) is 1. The molecule has 1 unspecified atom stereocenters. The van der Waals surface area contributed by atoms with Crippen LogP contribution >= 0.6 is 0 Å². The summed E-state index contributed by atoms with van der Waals surface area (Å²) in [6.07, 6.45) is 7.72. The second-order valence-electron chi connectivity index (χ2n) is 6.14. The summed E-state index contributed by atoms with van der Waals surface area (Å²) in [5.41, 5.74) is 0.833. The molecule has 4 rings (SSSR count). The van der Waals surface area contributed by atoms with Crippen LogP contribution in [0.3, 0.4) is 0 Å². The number of furan rings is 1. The standard InChI is InChI=1S/C18H19N5O3/c24-18(20-12-14-4-3-11-25-14)23-10-2-1-5-15(23)17-21-16(22-26-17)13-6-8-19-9-7-13/h3-4,6-9,11,15H,1-2,5,10,12H2,(H,20,24). The Morgan fingerprint density at radius 1 is 1.27 bits per heavy atom. The molecule has 0 saturated carbocycles. The van der Waals surface area contributed by atoms with Crippen LogP contribution in [-0.4, -0.2) is 32.6 Å². The Morgan fingerprint density at radius 3 is 2.96 bits per heavy atom. The Kier molecular flexibility index (Phi) is 4.63. The van der Waals surface area contributed by atoms with Gasteiger partial charge in [-0.3, -0.25) is 4.98 Å². The van der Waals surface area contributed by atoms with Gasteiger partial charge in [0.15, 0.2) is 0 Å². The number of nitrogens with zero attached hydrogens (tertiary/aromatic N) is 4. The molecule has 0 bridgehead atoms. The zero-order chi connectivity index (χ0) is 17.8. The molecule has 0 aromatic carbocycles. The van der Waals surface area contributed by atoms with Crippen LogP contribution in [0.1, 0.15) is 37.0 Å². The van der Waals surface area contributed by atoms with E-state index in [9.17, 15) is 4.79 Å². The number of nitrogens with one attached hydrogen (secondary N) is 1. The molecular weight excluding hydrogens is 334 g/mol. The number of rotatable bonds is 4. The van der Waals surface area contributed by atoms with E-state index in [2.05, 4.69) is 20.4 Å². The molecule has 1 atom stereocenters. The number of hydrogen-bond acceptors (Lipinski definition) is 6. The molecule has 26 heavy (non-hydrogen) atoms. The van der Waals surface area contributed by atoms with E-state index in [1.165, 1.54) is 0 Å².